The fraction of sp³-hybridized carbons (Fsp3) is 0.207. The predicted octanol–water partition coefficient (Wildman–Crippen LogP) is 6.00. The van der Waals surface area contributed by atoms with Crippen LogP contribution in [0.1, 0.15) is 18.9 Å². The van der Waals surface area contributed by atoms with E-state index < -0.39 is 6.09 Å². The van der Waals surface area contributed by atoms with Crippen LogP contribution in [0, 0.1) is 11.3 Å². The van der Waals surface area contributed by atoms with Crippen molar-refractivity contribution in [2.24, 2.45) is 0 Å². The third kappa shape index (κ3) is 5.56. The molecule has 0 aliphatic heterocycles. The topological polar surface area (TPSA) is 96.3 Å². The fourth-order valence-corrected chi connectivity index (χ4v) is 3.97. The molecule has 36 heavy (non-hydrogen) atoms. The zero-order chi connectivity index (χ0) is 25.3. The number of hydrogen-bond donors (Lipinski definition) is 2. The van der Waals surface area contributed by atoms with Crippen LogP contribution >= 0.6 is 0 Å². The predicted molar refractivity (Wildman–Crippen MR) is 142 cm³/mol. The first kappa shape index (κ1) is 24.6. The summed E-state index contributed by atoms with van der Waals surface area (Å²) in [6.45, 7) is 3.43. The Hall–Kier alpha value is -4.57. The van der Waals surface area contributed by atoms with Gasteiger partial charge in [0, 0.05) is 41.5 Å². The summed E-state index contributed by atoms with van der Waals surface area (Å²) in [5.74, 6) is 0.756. The Balaban J connectivity index is 1.52. The van der Waals surface area contributed by atoms with Crippen LogP contribution < -0.4 is 15.4 Å². The van der Waals surface area contributed by atoms with Crippen molar-refractivity contribution in [2.45, 2.75) is 13.3 Å². The molecule has 4 rings (SSSR count). The molecule has 0 fully saturated rings. The van der Waals surface area contributed by atoms with Crippen molar-refractivity contribution in [1.29, 1.82) is 5.26 Å². The lowest BCUT2D eigenvalue weighted by Crippen LogP contribution is -2.29. The summed E-state index contributed by atoms with van der Waals surface area (Å²) < 4.78 is 10.8. The first-order valence-electron chi connectivity index (χ1n) is 11.9. The second-order valence-electron chi connectivity index (χ2n) is 8.16. The number of pyridine rings is 1. The Morgan fingerprint density at radius 3 is 2.39 bits per heavy atom. The number of carbonyl (C=O) groups is 1. The Morgan fingerprint density at radius 1 is 0.972 bits per heavy atom. The summed E-state index contributed by atoms with van der Waals surface area (Å²) in [7, 11) is 1.67. The number of nitrogens with one attached hydrogen (secondary N) is 2. The van der Waals surface area contributed by atoms with E-state index in [2.05, 4.69) is 16.7 Å². The zero-order valence-electron chi connectivity index (χ0n) is 20.4. The van der Waals surface area contributed by atoms with E-state index in [1.165, 1.54) is 0 Å². The smallest absolute Gasteiger partial charge is 0.407 e. The summed E-state index contributed by atoms with van der Waals surface area (Å²) in [6, 6.07) is 23.7. The zero-order valence-corrected chi connectivity index (χ0v) is 20.4. The normalized spacial score (nSPS) is 10.5. The van der Waals surface area contributed by atoms with Crippen LogP contribution in [0.25, 0.3) is 33.2 Å². The van der Waals surface area contributed by atoms with Crippen LogP contribution in [0.5, 0.6) is 5.75 Å². The van der Waals surface area contributed by atoms with E-state index in [4.69, 9.17) is 19.7 Å². The summed E-state index contributed by atoms with van der Waals surface area (Å²) in [4.78, 5) is 16.3. The maximum atomic E-state index is 11.5. The van der Waals surface area contributed by atoms with Crippen LogP contribution in [-0.2, 0) is 4.74 Å². The SMILES string of the molecule is CCCOC(=O)NCCNc1ccc(-c2cnc3c(-c4ccc(C#N)cc4)cccc3c2OC)cc1. The third-order valence-electron chi connectivity index (χ3n) is 5.73. The highest BCUT2D eigenvalue weighted by molar-refractivity contribution is 6.00. The molecule has 2 N–H and O–H groups in total. The summed E-state index contributed by atoms with van der Waals surface area (Å²) in [6.07, 6.45) is 2.24. The van der Waals surface area contributed by atoms with E-state index in [1.807, 2.05) is 79.9 Å². The third-order valence-corrected chi connectivity index (χ3v) is 5.73. The van der Waals surface area contributed by atoms with Crippen molar-refractivity contribution in [1.82, 2.24) is 10.3 Å². The van der Waals surface area contributed by atoms with Gasteiger partial charge in [-0.3, -0.25) is 4.98 Å². The molecule has 0 unspecified atom stereocenters. The highest BCUT2D eigenvalue weighted by Crippen LogP contribution is 2.39. The number of nitriles is 1. The van der Waals surface area contributed by atoms with Crippen molar-refractivity contribution in [3.05, 3.63) is 78.5 Å². The van der Waals surface area contributed by atoms with Crippen molar-refractivity contribution in [2.75, 3.05) is 32.1 Å². The van der Waals surface area contributed by atoms with Gasteiger partial charge in [-0.2, -0.15) is 5.26 Å². The lowest BCUT2D eigenvalue weighted by molar-refractivity contribution is 0.146. The number of carbonyl (C=O) groups excluding carboxylic acids is 1. The highest BCUT2D eigenvalue weighted by Gasteiger charge is 2.14. The maximum Gasteiger partial charge on any atom is 0.407 e. The lowest BCUT2D eigenvalue weighted by atomic mass is 9.98. The number of anilines is 1. The molecule has 0 saturated carbocycles. The molecule has 0 saturated heterocycles. The fourth-order valence-electron chi connectivity index (χ4n) is 3.97. The number of hydrogen-bond acceptors (Lipinski definition) is 6. The Morgan fingerprint density at radius 2 is 1.69 bits per heavy atom. The number of ether oxygens (including phenoxy) is 2. The molecule has 0 aliphatic rings. The summed E-state index contributed by atoms with van der Waals surface area (Å²) in [5, 5.41) is 16.0. The minimum atomic E-state index is -0.396. The van der Waals surface area contributed by atoms with Crippen LogP contribution in [0.4, 0.5) is 10.5 Å². The van der Waals surface area contributed by atoms with Gasteiger partial charge in [-0.1, -0.05) is 43.3 Å². The van der Waals surface area contributed by atoms with Gasteiger partial charge in [0.1, 0.15) is 5.75 Å². The molecule has 3 aromatic carbocycles. The Labute approximate surface area is 210 Å². The molecule has 0 spiro atoms. The molecular formula is C29H28N4O3. The number of amides is 1. The van der Waals surface area contributed by atoms with E-state index in [0.717, 1.165) is 51.0 Å². The van der Waals surface area contributed by atoms with Gasteiger partial charge in [0.05, 0.1) is 30.9 Å². The molecule has 7 nitrogen and oxygen atoms in total. The van der Waals surface area contributed by atoms with E-state index >= 15 is 0 Å². The molecule has 1 heterocycles. The molecule has 182 valence electrons. The van der Waals surface area contributed by atoms with Crippen LogP contribution in [0.2, 0.25) is 0 Å². The molecule has 0 atom stereocenters. The Kier molecular flexibility index (Phi) is 7.99. The molecule has 0 radical (unpaired) electrons. The van der Waals surface area contributed by atoms with Gasteiger partial charge >= 0.3 is 6.09 Å². The number of methoxy groups -OCH3 is 1. The van der Waals surface area contributed by atoms with Gasteiger partial charge < -0.3 is 20.1 Å². The van der Waals surface area contributed by atoms with Crippen LogP contribution in [0.15, 0.2) is 72.9 Å². The minimum absolute atomic E-state index is 0.396. The largest absolute Gasteiger partial charge is 0.495 e. The number of aromatic nitrogens is 1. The first-order valence-corrected chi connectivity index (χ1v) is 11.9. The standard InChI is InChI=1S/C29H28N4O3/c1-3-17-36-29(34)32-16-15-31-23-13-11-22(12-14-23)26-19-33-27-24(5-4-6-25(27)28(26)35-2)21-9-7-20(18-30)8-10-21/h4-14,19,31H,3,15-17H2,1-2H3,(H,32,34). The molecule has 0 bridgehead atoms. The molecule has 4 aromatic rings. The molecule has 1 aromatic heterocycles. The summed E-state index contributed by atoms with van der Waals surface area (Å²) >= 11 is 0. The number of rotatable bonds is 9. The molecule has 1 amide bonds. The second kappa shape index (κ2) is 11.7. The maximum absolute atomic E-state index is 11.5. The number of para-hydroxylation sites is 1. The second-order valence-corrected chi connectivity index (χ2v) is 8.16. The van der Waals surface area contributed by atoms with Gasteiger partial charge in [0.2, 0.25) is 0 Å². The Bertz CT molecular complexity index is 1380. The van der Waals surface area contributed by atoms with Gasteiger partial charge in [-0.15, -0.1) is 0 Å². The summed E-state index contributed by atoms with van der Waals surface area (Å²) in [5.41, 5.74) is 6.25. The lowest BCUT2D eigenvalue weighted by Gasteiger charge is -2.14. The van der Waals surface area contributed by atoms with E-state index in [9.17, 15) is 4.79 Å². The van der Waals surface area contributed by atoms with Crippen molar-refractivity contribution in [3.8, 4) is 34.1 Å². The molecule has 0 aliphatic carbocycles. The van der Waals surface area contributed by atoms with Gasteiger partial charge in [-0.05, 0) is 47.9 Å². The highest BCUT2D eigenvalue weighted by atomic mass is 16.5. The van der Waals surface area contributed by atoms with Crippen LogP contribution in [0.3, 0.4) is 0 Å². The number of fused-ring (bicyclic) bond motifs is 1. The minimum Gasteiger partial charge on any atom is -0.495 e. The average Bonchev–Trinajstić information content (AvgIpc) is 2.93. The number of benzene rings is 3. The van der Waals surface area contributed by atoms with Crippen molar-refractivity contribution in [3.63, 3.8) is 0 Å². The van der Waals surface area contributed by atoms with Gasteiger partial charge in [0.15, 0.2) is 0 Å². The van der Waals surface area contributed by atoms with E-state index in [1.54, 1.807) is 7.11 Å². The van der Waals surface area contributed by atoms with Crippen molar-refractivity contribution < 1.29 is 14.3 Å². The molecule has 7 heteroatoms. The van der Waals surface area contributed by atoms with Crippen LogP contribution in [-0.4, -0.2) is 37.9 Å². The quantitative estimate of drug-likeness (QED) is 0.285. The first-order chi connectivity index (χ1) is 17.6. The average molecular weight is 481 g/mol. The van der Waals surface area contributed by atoms with E-state index in [-0.39, 0.29) is 0 Å². The number of alkyl carbamates (subject to hydrolysis) is 1. The van der Waals surface area contributed by atoms with Gasteiger partial charge in [-0.25, -0.2) is 4.79 Å². The molecular weight excluding hydrogens is 452 g/mol. The van der Waals surface area contributed by atoms with Gasteiger partial charge in [0.25, 0.3) is 0 Å². The van der Waals surface area contributed by atoms with E-state index in [0.29, 0.717) is 25.3 Å². The van der Waals surface area contributed by atoms with Crippen molar-refractivity contribution >= 4 is 22.7 Å². The number of nitrogens with zero attached hydrogens (tertiary/aromatic N) is 2. The monoisotopic (exact) mass is 480 g/mol.